The van der Waals surface area contributed by atoms with Gasteiger partial charge in [-0.3, -0.25) is 9.69 Å². The van der Waals surface area contributed by atoms with Gasteiger partial charge in [0.1, 0.15) is 5.82 Å². The van der Waals surface area contributed by atoms with Crippen molar-refractivity contribution in [1.82, 2.24) is 9.80 Å². The molecule has 1 atom stereocenters. The highest BCUT2D eigenvalue weighted by atomic mass is 19.1. The average molecular weight is 266 g/mol. The fraction of sp³-hybridized carbons (Fsp3) is 0.500. The number of halogens is 1. The normalized spacial score (nSPS) is 18.4. The highest BCUT2D eigenvalue weighted by Crippen LogP contribution is 2.12. The van der Waals surface area contributed by atoms with Crippen LogP contribution >= 0.6 is 0 Å². The van der Waals surface area contributed by atoms with Gasteiger partial charge in [-0.2, -0.15) is 0 Å². The number of piperazine rings is 1. The Morgan fingerprint density at radius 3 is 2.53 bits per heavy atom. The van der Waals surface area contributed by atoms with E-state index in [0.717, 1.165) is 0 Å². The molecule has 1 fully saturated rings. The number of benzene rings is 1. The maximum Gasteiger partial charge on any atom is 0.256 e. The van der Waals surface area contributed by atoms with Gasteiger partial charge in [0.05, 0.1) is 11.7 Å². The summed E-state index contributed by atoms with van der Waals surface area (Å²) in [7, 11) is 0. The van der Waals surface area contributed by atoms with Crippen molar-refractivity contribution in [3.05, 3.63) is 35.6 Å². The van der Waals surface area contributed by atoms with Gasteiger partial charge in [-0.05, 0) is 19.1 Å². The lowest BCUT2D eigenvalue weighted by atomic mass is 10.1. The first-order valence-corrected chi connectivity index (χ1v) is 6.52. The number of nitrogens with zero attached hydrogens (tertiary/aromatic N) is 2. The van der Waals surface area contributed by atoms with E-state index in [0.29, 0.717) is 32.7 Å². The van der Waals surface area contributed by atoms with Crippen LogP contribution in [0.3, 0.4) is 0 Å². The fourth-order valence-electron chi connectivity index (χ4n) is 2.31. The Labute approximate surface area is 112 Å². The van der Waals surface area contributed by atoms with Crippen LogP contribution in [0.4, 0.5) is 4.39 Å². The van der Waals surface area contributed by atoms with Gasteiger partial charge in [0.25, 0.3) is 5.91 Å². The molecule has 0 aliphatic carbocycles. The van der Waals surface area contributed by atoms with E-state index in [2.05, 4.69) is 4.90 Å². The molecule has 1 aromatic carbocycles. The molecular formula is C14H19FN2O2. The molecule has 104 valence electrons. The van der Waals surface area contributed by atoms with Crippen LogP contribution in [0.1, 0.15) is 17.3 Å². The molecule has 1 N–H and O–H groups in total. The minimum Gasteiger partial charge on any atom is -0.392 e. The van der Waals surface area contributed by atoms with E-state index in [1.807, 2.05) is 0 Å². The van der Waals surface area contributed by atoms with Crippen molar-refractivity contribution in [1.29, 1.82) is 0 Å². The summed E-state index contributed by atoms with van der Waals surface area (Å²) < 4.78 is 13.6. The number of hydrogen-bond acceptors (Lipinski definition) is 3. The van der Waals surface area contributed by atoms with Crippen LogP contribution in [-0.4, -0.2) is 59.6 Å². The fourth-order valence-corrected chi connectivity index (χ4v) is 2.31. The van der Waals surface area contributed by atoms with Gasteiger partial charge >= 0.3 is 0 Å². The summed E-state index contributed by atoms with van der Waals surface area (Å²) in [6, 6.07) is 6.06. The predicted octanol–water partition coefficient (Wildman–Crippen LogP) is 0.964. The molecule has 2 rings (SSSR count). The zero-order chi connectivity index (χ0) is 13.8. The van der Waals surface area contributed by atoms with E-state index < -0.39 is 5.82 Å². The molecule has 1 saturated heterocycles. The SMILES string of the molecule is CC(O)CN1CCN(C(=O)c2ccccc2F)CC1. The van der Waals surface area contributed by atoms with Gasteiger partial charge in [-0.25, -0.2) is 4.39 Å². The molecule has 1 unspecified atom stereocenters. The van der Waals surface area contributed by atoms with Crippen LogP contribution in [-0.2, 0) is 0 Å². The van der Waals surface area contributed by atoms with Crippen molar-refractivity contribution in [2.75, 3.05) is 32.7 Å². The second-order valence-corrected chi connectivity index (χ2v) is 4.92. The van der Waals surface area contributed by atoms with Gasteiger partial charge in [0.15, 0.2) is 0 Å². The molecule has 0 saturated carbocycles. The summed E-state index contributed by atoms with van der Waals surface area (Å²) in [6.45, 7) is 4.93. The van der Waals surface area contributed by atoms with Crippen LogP contribution in [0.15, 0.2) is 24.3 Å². The lowest BCUT2D eigenvalue weighted by Crippen LogP contribution is -2.50. The van der Waals surface area contributed by atoms with Crippen molar-refractivity contribution in [3.63, 3.8) is 0 Å². The maximum absolute atomic E-state index is 13.6. The quantitative estimate of drug-likeness (QED) is 0.886. The zero-order valence-electron chi connectivity index (χ0n) is 11.1. The molecule has 1 aromatic rings. The van der Waals surface area contributed by atoms with E-state index in [1.54, 1.807) is 24.0 Å². The van der Waals surface area contributed by atoms with Crippen LogP contribution < -0.4 is 0 Å². The van der Waals surface area contributed by atoms with E-state index in [9.17, 15) is 14.3 Å². The third-order valence-electron chi connectivity index (χ3n) is 3.29. The number of amides is 1. The Kier molecular flexibility index (Phi) is 4.50. The lowest BCUT2D eigenvalue weighted by Gasteiger charge is -2.35. The first-order chi connectivity index (χ1) is 9.08. The Hall–Kier alpha value is -1.46. The standard InChI is InChI=1S/C14H19FN2O2/c1-11(18)10-16-6-8-17(9-7-16)14(19)12-4-2-3-5-13(12)15/h2-5,11,18H,6-10H2,1H3. The van der Waals surface area contributed by atoms with E-state index in [4.69, 9.17) is 0 Å². The molecule has 1 heterocycles. The van der Waals surface area contributed by atoms with Gasteiger partial charge in [-0.15, -0.1) is 0 Å². The Morgan fingerprint density at radius 2 is 1.95 bits per heavy atom. The van der Waals surface area contributed by atoms with Gasteiger partial charge < -0.3 is 10.0 Å². The maximum atomic E-state index is 13.6. The molecule has 1 amide bonds. The van der Waals surface area contributed by atoms with Crippen molar-refractivity contribution in [2.45, 2.75) is 13.0 Å². The Balaban J connectivity index is 1.95. The van der Waals surface area contributed by atoms with E-state index >= 15 is 0 Å². The van der Waals surface area contributed by atoms with Gasteiger partial charge in [0, 0.05) is 32.7 Å². The third kappa shape index (κ3) is 3.52. The van der Waals surface area contributed by atoms with Crippen LogP contribution in [0.25, 0.3) is 0 Å². The van der Waals surface area contributed by atoms with E-state index in [1.165, 1.54) is 12.1 Å². The monoisotopic (exact) mass is 266 g/mol. The smallest absolute Gasteiger partial charge is 0.256 e. The van der Waals surface area contributed by atoms with Crippen LogP contribution in [0, 0.1) is 5.82 Å². The predicted molar refractivity (Wildman–Crippen MR) is 70.4 cm³/mol. The number of aliphatic hydroxyl groups is 1. The largest absolute Gasteiger partial charge is 0.392 e. The molecule has 1 aliphatic heterocycles. The number of rotatable bonds is 3. The number of aliphatic hydroxyl groups excluding tert-OH is 1. The molecule has 0 bridgehead atoms. The molecule has 0 radical (unpaired) electrons. The summed E-state index contributed by atoms with van der Waals surface area (Å²) in [5, 5.41) is 9.32. The Bertz CT molecular complexity index is 443. The molecule has 0 spiro atoms. The summed E-state index contributed by atoms with van der Waals surface area (Å²) in [5.74, 6) is -0.728. The number of carbonyl (C=O) groups excluding carboxylic acids is 1. The first kappa shape index (κ1) is 14.0. The van der Waals surface area contributed by atoms with Crippen molar-refractivity contribution in [2.24, 2.45) is 0 Å². The summed E-state index contributed by atoms with van der Waals surface area (Å²) in [4.78, 5) is 15.9. The second-order valence-electron chi connectivity index (χ2n) is 4.92. The topological polar surface area (TPSA) is 43.8 Å². The number of β-amino-alcohol motifs (C(OH)–C–C–N with tert-alkyl or cyclic N) is 1. The van der Waals surface area contributed by atoms with Gasteiger partial charge in [0.2, 0.25) is 0 Å². The Morgan fingerprint density at radius 1 is 1.32 bits per heavy atom. The van der Waals surface area contributed by atoms with Crippen LogP contribution in [0.5, 0.6) is 0 Å². The molecular weight excluding hydrogens is 247 g/mol. The summed E-state index contributed by atoms with van der Waals surface area (Å²) >= 11 is 0. The van der Waals surface area contributed by atoms with Crippen molar-refractivity contribution < 1.29 is 14.3 Å². The second kappa shape index (κ2) is 6.12. The molecule has 0 aromatic heterocycles. The molecule has 19 heavy (non-hydrogen) atoms. The van der Waals surface area contributed by atoms with Gasteiger partial charge in [-0.1, -0.05) is 12.1 Å². The minimum atomic E-state index is -0.473. The summed E-state index contributed by atoms with van der Waals surface area (Å²) in [5.41, 5.74) is 0.131. The molecule has 1 aliphatic rings. The van der Waals surface area contributed by atoms with E-state index in [-0.39, 0.29) is 17.6 Å². The lowest BCUT2D eigenvalue weighted by molar-refractivity contribution is 0.0550. The molecule has 4 nitrogen and oxygen atoms in total. The zero-order valence-corrected chi connectivity index (χ0v) is 11.1. The first-order valence-electron chi connectivity index (χ1n) is 6.52. The number of carbonyl (C=O) groups is 1. The number of hydrogen-bond donors (Lipinski definition) is 1. The highest BCUT2D eigenvalue weighted by molar-refractivity contribution is 5.94. The van der Waals surface area contributed by atoms with Crippen LogP contribution in [0.2, 0.25) is 0 Å². The average Bonchev–Trinajstić information content (AvgIpc) is 2.39. The molecule has 5 heteroatoms. The minimum absolute atomic E-state index is 0.131. The van der Waals surface area contributed by atoms with Crippen molar-refractivity contribution >= 4 is 5.91 Å². The third-order valence-corrected chi connectivity index (χ3v) is 3.29. The van der Waals surface area contributed by atoms with Crippen molar-refractivity contribution in [3.8, 4) is 0 Å². The summed E-state index contributed by atoms with van der Waals surface area (Å²) in [6.07, 6.45) is -0.367. The highest BCUT2D eigenvalue weighted by Gasteiger charge is 2.24.